The Morgan fingerprint density at radius 1 is 1.11 bits per heavy atom. The summed E-state index contributed by atoms with van der Waals surface area (Å²) < 4.78 is 0. The van der Waals surface area contributed by atoms with Gasteiger partial charge in [-0.05, 0) is 41.0 Å². The van der Waals surface area contributed by atoms with Gasteiger partial charge < -0.3 is 10.8 Å². The minimum absolute atomic E-state index is 0. The summed E-state index contributed by atoms with van der Waals surface area (Å²) in [7, 11) is 0. The van der Waals surface area contributed by atoms with E-state index in [0.717, 1.165) is 23.6 Å². The van der Waals surface area contributed by atoms with Crippen molar-refractivity contribution in [3.05, 3.63) is 42.0 Å². The molecule has 0 bridgehead atoms. The second kappa shape index (κ2) is 6.62. The van der Waals surface area contributed by atoms with Crippen molar-refractivity contribution in [2.75, 3.05) is 0 Å². The molecule has 0 saturated heterocycles. The lowest BCUT2D eigenvalue weighted by molar-refractivity contribution is 0.476. The topological polar surface area (TPSA) is 46.2 Å². The third-order valence-electron chi connectivity index (χ3n) is 3.14. The average Bonchev–Trinajstić information content (AvgIpc) is 2.35. The molecule has 98 valence electrons. The molecule has 0 saturated carbocycles. The Hall–Kier alpha value is -1.25. The maximum absolute atomic E-state index is 9.40. The van der Waals surface area contributed by atoms with E-state index in [1.165, 1.54) is 12.0 Å². The fraction of sp³-hybridized carbons (Fsp3) is 0.333. The van der Waals surface area contributed by atoms with Crippen LogP contribution >= 0.6 is 12.4 Å². The van der Waals surface area contributed by atoms with Crippen LogP contribution in [0.3, 0.4) is 0 Å². The summed E-state index contributed by atoms with van der Waals surface area (Å²) in [6.07, 6.45) is 3.37. The number of nitrogens with two attached hydrogens (primary N) is 1. The Bertz CT molecular complexity index is 513. The molecule has 1 atom stereocenters. The molecule has 2 rings (SSSR count). The van der Waals surface area contributed by atoms with Crippen molar-refractivity contribution < 1.29 is 5.11 Å². The van der Waals surface area contributed by atoms with Gasteiger partial charge in [-0.1, -0.05) is 38.0 Å². The van der Waals surface area contributed by atoms with Gasteiger partial charge in [-0.25, -0.2) is 0 Å². The second-order valence-electron chi connectivity index (χ2n) is 4.54. The highest BCUT2D eigenvalue weighted by Gasteiger charge is 2.06. The number of fused-ring (bicyclic) bond motifs is 1. The molecule has 0 heterocycles. The van der Waals surface area contributed by atoms with E-state index in [9.17, 15) is 5.11 Å². The van der Waals surface area contributed by atoms with Crippen molar-refractivity contribution in [3.8, 4) is 5.75 Å². The van der Waals surface area contributed by atoms with Crippen molar-refractivity contribution in [2.24, 2.45) is 5.73 Å². The molecule has 0 unspecified atom stereocenters. The van der Waals surface area contributed by atoms with Crippen LogP contribution in [0.4, 0.5) is 0 Å². The first-order valence-electron chi connectivity index (χ1n) is 6.19. The van der Waals surface area contributed by atoms with Gasteiger partial charge in [0.1, 0.15) is 5.75 Å². The molecule has 0 aliphatic carbocycles. The Morgan fingerprint density at radius 2 is 1.78 bits per heavy atom. The Morgan fingerprint density at radius 3 is 2.50 bits per heavy atom. The van der Waals surface area contributed by atoms with Crippen LogP contribution in [0.1, 0.15) is 37.8 Å². The van der Waals surface area contributed by atoms with Crippen LogP contribution in [0.25, 0.3) is 10.8 Å². The van der Waals surface area contributed by atoms with Crippen LogP contribution in [0.5, 0.6) is 5.75 Å². The van der Waals surface area contributed by atoms with Gasteiger partial charge in [0.15, 0.2) is 0 Å². The maximum Gasteiger partial charge on any atom is 0.116 e. The minimum atomic E-state index is 0. The number of phenols is 1. The molecule has 0 fully saturated rings. The van der Waals surface area contributed by atoms with E-state index in [0.29, 0.717) is 5.75 Å². The van der Waals surface area contributed by atoms with Gasteiger partial charge in [0.05, 0.1) is 0 Å². The second-order valence-corrected chi connectivity index (χ2v) is 4.54. The van der Waals surface area contributed by atoms with Crippen LogP contribution < -0.4 is 5.73 Å². The smallest absolute Gasteiger partial charge is 0.116 e. The van der Waals surface area contributed by atoms with E-state index in [4.69, 9.17) is 5.73 Å². The zero-order valence-corrected chi connectivity index (χ0v) is 11.4. The molecular weight excluding hydrogens is 246 g/mol. The van der Waals surface area contributed by atoms with Crippen LogP contribution in [0.15, 0.2) is 36.4 Å². The van der Waals surface area contributed by atoms with Gasteiger partial charge in [0.2, 0.25) is 0 Å². The van der Waals surface area contributed by atoms with Crippen molar-refractivity contribution in [2.45, 2.75) is 32.2 Å². The third kappa shape index (κ3) is 3.37. The van der Waals surface area contributed by atoms with Gasteiger partial charge in [-0.2, -0.15) is 0 Å². The summed E-state index contributed by atoms with van der Waals surface area (Å²) in [4.78, 5) is 0. The number of benzene rings is 2. The summed E-state index contributed by atoms with van der Waals surface area (Å²) >= 11 is 0. The first-order valence-corrected chi connectivity index (χ1v) is 6.19. The predicted octanol–water partition coefficient (Wildman–Crippen LogP) is 4.16. The number of unbranched alkanes of at least 4 members (excludes halogenated alkanes) is 1. The number of rotatable bonds is 4. The number of halogens is 1. The molecule has 0 aliphatic heterocycles. The quantitative estimate of drug-likeness (QED) is 0.872. The molecule has 0 aromatic heterocycles. The van der Waals surface area contributed by atoms with Crippen molar-refractivity contribution in [1.82, 2.24) is 0 Å². The number of aromatic hydroxyl groups is 1. The highest BCUT2D eigenvalue weighted by Crippen LogP contribution is 2.24. The fourth-order valence-corrected chi connectivity index (χ4v) is 2.07. The molecule has 0 radical (unpaired) electrons. The van der Waals surface area contributed by atoms with Crippen molar-refractivity contribution in [1.29, 1.82) is 0 Å². The minimum Gasteiger partial charge on any atom is -0.508 e. The molecule has 0 aliphatic rings. The van der Waals surface area contributed by atoms with E-state index in [1.54, 1.807) is 12.1 Å². The van der Waals surface area contributed by atoms with E-state index < -0.39 is 0 Å². The third-order valence-corrected chi connectivity index (χ3v) is 3.14. The maximum atomic E-state index is 9.40. The number of hydrogen-bond acceptors (Lipinski definition) is 2. The summed E-state index contributed by atoms with van der Waals surface area (Å²) in [5, 5.41) is 11.6. The number of phenolic OH excluding ortho intramolecular Hbond substituents is 1. The summed E-state index contributed by atoms with van der Waals surface area (Å²) in [5.41, 5.74) is 7.33. The Balaban J connectivity index is 0.00000162. The van der Waals surface area contributed by atoms with Gasteiger partial charge in [-0.3, -0.25) is 0 Å². The van der Waals surface area contributed by atoms with Crippen molar-refractivity contribution >= 4 is 23.2 Å². The van der Waals surface area contributed by atoms with E-state index in [1.807, 2.05) is 12.1 Å². The first kappa shape index (κ1) is 14.8. The lowest BCUT2D eigenvalue weighted by Gasteiger charge is -2.12. The standard InChI is InChI=1S/C15H19NO.ClH/c1-2-3-4-15(16)13-6-5-12-10-14(17)8-7-11(12)9-13;/h5-10,15,17H,2-4,16H2,1H3;1H/t15-;/m1./s1. The molecule has 3 N–H and O–H groups in total. The molecule has 0 amide bonds. The van der Waals surface area contributed by atoms with Gasteiger partial charge in [-0.15, -0.1) is 12.4 Å². The Kier molecular flexibility index (Phi) is 5.45. The largest absolute Gasteiger partial charge is 0.508 e. The SMILES string of the molecule is CCCC[C@@H](N)c1ccc2cc(O)ccc2c1.Cl. The Labute approximate surface area is 114 Å². The van der Waals surface area contributed by atoms with E-state index in [2.05, 4.69) is 19.1 Å². The molecule has 18 heavy (non-hydrogen) atoms. The van der Waals surface area contributed by atoms with Crippen molar-refractivity contribution in [3.63, 3.8) is 0 Å². The molecule has 2 aromatic carbocycles. The van der Waals surface area contributed by atoms with Crippen LogP contribution in [-0.4, -0.2) is 5.11 Å². The highest BCUT2D eigenvalue weighted by atomic mass is 35.5. The van der Waals surface area contributed by atoms with Gasteiger partial charge in [0, 0.05) is 6.04 Å². The van der Waals surface area contributed by atoms with Gasteiger partial charge in [0.25, 0.3) is 0 Å². The fourth-order valence-electron chi connectivity index (χ4n) is 2.07. The molecule has 0 spiro atoms. The van der Waals surface area contributed by atoms with Crippen LogP contribution in [-0.2, 0) is 0 Å². The average molecular weight is 266 g/mol. The molecular formula is C15H20ClNO. The van der Waals surface area contributed by atoms with E-state index >= 15 is 0 Å². The molecule has 2 aromatic rings. The molecule has 2 nitrogen and oxygen atoms in total. The van der Waals surface area contributed by atoms with Crippen LogP contribution in [0.2, 0.25) is 0 Å². The summed E-state index contributed by atoms with van der Waals surface area (Å²) in [6, 6.07) is 11.7. The normalized spacial score (nSPS) is 12.1. The lowest BCUT2D eigenvalue weighted by Crippen LogP contribution is -2.09. The summed E-state index contributed by atoms with van der Waals surface area (Å²) in [6.45, 7) is 2.18. The first-order chi connectivity index (χ1) is 8.20. The van der Waals surface area contributed by atoms with E-state index in [-0.39, 0.29) is 18.4 Å². The zero-order chi connectivity index (χ0) is 12.3. The summed E-state index contributed by atoms with van der Waals surface area (Å²) in [5.74, 6) is 0.306. The van der Waals surface area contributed by atoms with Gasteiger partial charge >= 0.3 is 0 Å². The molecule has 3 heteroatoms. The lowest BCUT2D eigenvalue weighted by atomic mass is 9.99. The number of hydrogen-bond donors (Lipinski definition) is 2. The monoisotopic (exact) mass is 265 g/mol. The highest BCUT2D eigenvalue weighted by molar-refractivity contribution is 5.85. The zero-order valence-electron chi connectivity index (χ0n) is 10.6. The predicted molar refractivity (Wildman–Crippen MR) is 79.3 cm³/mol. The van der Waals surface area contributed by atoms with Crippen LogP contribution in [0, 0.1) is 0 Å².